The van der Waals surface area contributed by atoms with Crippen LogP contribution in [-0.2, 0) is 11.0 Å². The largest absolute Gasteiger partial charge is 0.416 e. The summed E-state index contributed by atoms with van der Waals surface area (Å²) < 4.78 is 42.7. The Morgan fingerprint density at radius 3 is 2.35 bits per heavy atom. The summed E-state index contributed by atoms with van der Waals surface area (Å²) in [5, 5.41) is 4.66. The van der Waals surface area contributed by atoms with Crippen LogP contribution in [0.5, 0.6) is 0 Å². The van der Waals surface area contributed by atoms with E-state index < -0.39 is 11.7 Å². The van der Waals surface area contributed by atoms with Crippen LogP contribution in [0.2, 0.25) is 0 Å². The standard InChI is InChI=1S/C27H34F3N5O2/c1-32(2)24(36)17-33-12-10-20(11-13-33)35-25(18-7-8-18)22(15-31-35)26(37)34-14-9-19(16-34)21-5-3-4-6-23(21)27(28,29)30/h3-6,15,18-20H,7-14,16-17H2,1-2H3/t19-/m1/s1. The molecule has 0 unspecified atom stereocenters. The predicted molar refractivity (Wildman–Crippen MR) is 132 cm³/mol. The van der Waals surface area contributed by atoms with Gasteiger partial charge in [-0.1, -0.05) is 18.2 Å². The molecule has 10 heteroatoms. The number of likely N-dealkylation sites (tertiary alicyclic amines) is 2. The van der Waals surface area contributed by atoms with Gasteiger partial charge in [-0.05, 0) is 43.7 Å². The number of carbonyl (C=O) groups is 2. The second-order valence-corrected chi connectivity index (χ2v) is 10.8. The molecular formula is C27H34F3N5O2. The molecule has 0 radical (unpaired) electrons. The van der Waals surface area contributed by atoms with E-state index in [1.165, 1.54) is 12.1 Å². The minimum atomic E-state index is -4.41. The summed E-state index contributed by atoms with van der Waals surface area (Å²) in [6.07, 6.45) is 1.51. The molecule has 2 aromatic rings. The Morgan fingerprint density at radius 2 is 1.70 bits per heavy atom. The summed E-state index contributed by atoms with van der Waals surface area (Å²) in [6.45, 7) is 2.71. The van der Waals surface area contributed by atoms with Gasteiger partial charge in [0.15, 0.2) is 0 Å². The highest BCUT2D eigenvalue weighted by Gasteiger charge is 2.40. The molecule has 2 amide bonds. The number of amides is 2. The van der Waals surface area contributed by atoms with Crippen LogP contribution < -0.4 is 0 Å². The highest BCUT2D eigenvalue weighted by molar-refractivity contribution is 5.95. The molecule has 1 aliphatic carbocycles. The Morgan fingerprint density at radius 1 is 1.00 bits per heavy atom. The molecule has 200 valence electrons. The second-order valence-electron chi connectivity index (χ2n) is 10.8. The number of alkyl halides is 3. The van der Waals surface area contributed by atoms with Crippen molar-refractivity contribution in [2.75, 3.05) is 46.8 Å². The van der Waals surface area contributed by atoms with E-state index in [1.54, 1.807) is 36.2 Å². The molecule has 3 aliphatic rings. The van der Waals surface area contributed by atoms with Crippen molar-refractivity contribution in [3.05, 3.63) is 52.8 Å². The van der Waals surface area contributed by atoms with Crippen LogP contribution in [0.25, 0.3) is 0 Å². The van der Waals surface area contributed by atoms with Gasteiger partial charge in [0.1, 0.15) is 0 Å². The molecule has 1 atom stereocenters. The number of benzene rings is 1. The number of nitrogens with zero attached hydrogens (tertiary/aromatic N) is 5. The molecule has 37 heavy (non-hydrogen) atoms. The average Bonchev–Trinajstić information content (AvgIpc) is 3.41. The number of likely N-dealkylation sites (N-methyl/N-ethyl adjacent to an activating group) is 1. The molecular weight excluding hydrogens is 483 g/mol. The van der Waals surface area contributed by atoms with Crippen molar-refractivity contribution < 1.29 is 22.8 Å². The Kier molecular flexibility index (Phi) is 7.04. The first-order chi connectivity index (χ1) is 17.6. The topological polar surface area (TPSA) is 61.7 Å². The normalized spacial score (nSPS) is 21.4. The van der Waals surface area contributed by atoms with Crippen LogP contribution >= 0.6 is 0 Å². The lowest BCUT2D eigenvalue weighted by atomic mass is 9.93. The first-order valence-corrected chi connectivity index (χ1v) is 13.1. The Hall–Kier alpha value is -2.88. The summed E-state index contributed by atoms with van der Waals surface area (Å²) >= 11 is 0. The van der Waals surface area contributed by atoms with E-state index in [0.717, 1.165) is 50.5 Å². The van der Waals surface area contributed by atoms with Gasteiger partial charge >= 0.3 is 6.18 Å². The van der Waals surface area contributed by atoms with Crippen LogP contribution in [0.3, 0.4) is 0 Å². The highest BCUT2D eigenvalue weighted by atomic mass is 19.4. The molecule has 2 aliphatic heterocycles. The molecule has 3 heterocycles. The van der Waals surface area contributed by atoms with E-state index in [1.807, 2.05) is 4.68 Å². The van der Waals surface area contributed by atoms with Crippen molar-refractivity contribution in [3.8, 4) is 0 Å². The van der Waals surface area contributed by atoms with E-state index in [-0.39, 0.29) is 35.9 Å². The predicted octanol–water partition coefficient (Wildman–Crippen LogP) is 4.13. The number of aromatic nitrogens is 2. The third-order valence-electron chi connectivity index (χ3n) is 7.97. The van der Waals surface area contributed by atoms with Crippen molar-refractivity contribution in [2.24, 2.45) is 0 Å². The lowest BCUT2D eigenvalue weighted by molar-refractivity contribution is -0.138. The van der Waals surface area contributed by atoms with Crippen LogP contribution in [0.1, 0.15) is 77.2 Å². The van der Waals surface area contributed by atoms with Crippen molar-refractivity contribution in [1.29, 1.82) is 0 Å². The highest BCUT2D eigenvalue weighted by Crippen LogP contribution is 2.44. The number of hydrogen-bond donors (Lipinski definition) is 0. The molecule has 1 aromatic carbocycles. The maximum absolute atomic E-state index is 13.6. The smallest absolute Gasteiger partial charge is 0.348 e. The monoisotopic (exact) mass is 517 g/mol. The summed E-state index contributed by atoms with van der Waals surface area (Å²) in [5.74, 6) is -0.0745. The van der Waals surface area contributed by atoms with E-state index in [2.05, 4.69) is 10.00 Å². The Bertz CT molecular complexity index is 1150. The molecule has 3 fully saturated rings. The van der Waals surface area contributed by atoms with Gasteiger partial charge in [-0.2, -0.15) is 18.3 Å². The minimum Gasteiger partial charge on any atom is -0.348 e. The Labute approximate surface area is 215 Å². The van der Waals surface area contributed by atoms with Crippen LogP contribution in [0, 0.1) is 0 Å². The lowest BCUT2D eigenvalue weighted by Crippen LogP contribution is -2.41. The summed E-state index contributed by atoms with van der Waals surface area (Å²) in [4.78, 5) is 31.1. The fourth-order valence-corrected chi connectivity index (χ4v) is 5.73. The van der Waals surface area contributed by atoms with E-state index in [4.69, 9.17) is 0 Å². The fraction of sp³-hybridized carbons (Fsp3) is 0.593. The summed E-state index contributed by atoms with van der Waals surface area (Å²) in [7, 11) is 3.52. The minimum absolute atomic E-state index is 0.0888. The van der Waals surface area contributed by atoms with E-state index in [0.29, 0.717) is 31.0 Å². The van der Waals surface area contributed by atoms with Gasteiger partial charge in [0.2, 0.25) is 5.91 Å². The van der Waals surface area contributed by atoms with Gasteiger partial charge in [0.25, 0.3) is 5.91 Å². The first-order valence-electron chi connectivity index (χ1n) is 13.1. The quantitative estimate of drug-likeness (QED) is 0.578. The number of piperidine rings is 1. The van der Waals surface area contributed by atoms with Crippen molar-refractivity contribution in [1.82, 2.24) is 24.5 Å². The molecule has 2 saturated heterocycles. The van der Waals surface area contributed by atoms with Gasteiger partial charge in [0.05, 0.1) is 35.6 Å². The maximum atomic E-state index is 13.6. The molecule has 0 bridgehead atoms. The SMILES string of the molecule is CN(C)C(=O)CN1CCC(n2ncc(C(=O)N3CC[C@@H](c4ccccc4C(F)(F)F)C3)c2C2CC2)CC1. The van der Waals surface area contributed by atoms with Crippen LogP contribution in [0.15, 0.2) is 30.5 Å². The zero-order chi connectivity index (χ0) is 26.3. The Balaban J connectivity index is 1.29. The third kappa shape index (κ3) is 5.39. The van der Waals surface area contributed by atoms with Crippen molar-refractivity contribution >= 4 is 11.8 Å². The third-order valence-corrected chi connectivity index (χ3v) is 7.97. The maximum Gasteiger partial charge on any atom is 0.416 e. The molecule has 0 spiro atoms. The molecule has 1 saturated carbocycles. The van der Waals surface area contributed by atoms with Crippen LogP contribution in [0.4, 0.5) is 13.2 Å². The van der Waals surface area contributed by atoms with Gasteiger partial charge in [0, 0.05) is 52.1 Å². The molecule has 7 nitrogen and oxygen atoms in total. The van der Waals surface area contributed by atoms with Gasteiger partial charge in [-0.15, -0.1) is 0 Å². The van der Waals surface area contributed by atoms with Gasteiger partial charge in [-0.3, -0.25) is 19.2 Å². The zero-order valence-electron chi connectivity index (χ0n) is 21.4. The number of hydrogen-bond acceptors (Lipinski definition) is 4. The summed E-state index contributed by atoms with van der Waals surface area (Å²) in [5.41, 5.74) is 1.23. The zero-order valence-corrected chi connectivity index (χ0v) is 21.4. The second kappa shape index (κ2) is 10.1. The molecule has 0 N–H and O–H groups in total. The average molecular weight is 518 g/mol. The fourth-order valence-electron chi connectivity index (χ4n) is 5.73. The number of halogens is 3. The molecule has 5 rings (SSSR count). The lowest BCUT2D eigenvalue weighted by Gasteiger charge is -2.33. The van der Waals surface area contributed by atoms with Crippen LogP contribution in [-0.4, -0.2) is 83.1 Å². The van der Waals surface area contributed by atoms with Crippen molar-refractivity contribution in [3.63, 3.8) is 0 Å². The molecule has 1 aromatic heterocycles. The van der Waals surface area contributed by atoms with Crippen molar-refractivity contribution in [2.45, 2.75) is 56.2 Å². The summed E-state index contributed by atoms with van der Waals surface area (Å²) in [6, 6.07) is 5.87. The van der Waals surface area contributed by atoms with Gasteiger partial charge in [-0.25, -0.2) is 0 Å². The van der Waals surface area contributed by atoms with E-state index >= 15 is 0 Å². The number of carbonyl (C=O) groups excluding carboxylic acids is 2. The van der Waals surface area contributed by atoms with E-state index in [9.17, 15) is 22.8 Å². The van der Waals surface area contributed by atoms with Gasteiger partial charge < -0.3 is 9.80 Å². The first kappa shape index (κ1) is 25.8. The number of rotatable bonds is 6.